The molecule has 5 rings (SSSR count). The molecular weight excluding hydrogens is 550 g/mol. The molecular formula is C32H37N5O6. The Labute approximate surface area is 250 Å². The van der Waals surface area contributed by atoms with Gasteiger partial charge in [-0.15, -0.1) is 0 Å². The zero-order valence-corrected chi connectivity index (χ0v) is 24.5. The number of piperidine rings is 1. The van der Waals surface area contributed by atoms with Crippen LogP contribution in [0.25, 0.3) is 11.4 Å². The molecule has 2 aromatic carbocycles. The first-order valence-electron chi connectivity index (χ1n) is 14.6. The number of carbonyl (C=O) groups is 3. The van der Waals surface area contributed by atoms with Crippen LogP contribution in [0.2, 0.25) is 0 Å². The van der Waals surface area contributed by atoms with Crippen LogP contribution in [0, 0.1) is 11.8 Å². The second-order valence-electron chi connectivity index (χ2n) is 10.9. The zero-order chi connectivity index (χ0) is 30.2. The van der Waals surface area contributed by atoms with Gasteiger partial charge in [0.25, 0.3) is 11.8 Å². The van der Waals surface area contributed by atoms with Gasteiger partial charge >= 0.3 is 5.97 Å². The van der Waals surface area contributed by atoms with Gasteiger partial charge in [-0.3, -0.25) is 14.4 Å². The third-order valence-electron chi connectivity index (χ3n) is 7.70. The van der Waals surface area contributed by atoms with Gasteiger partial charge in [0.2, 0.25) is 0 Å². The van der Waals surface area contributed by atoms with Gasteiger partial charge in [0.15, 0.2) is 5.82 Å². The van der Waals surface area contributed by atoms with Crippen LogP contribution in [0.3, 0.4) is 0 Å². The van der Waals surface area contributed by atoms with E-state index in [9.17, 15) is 14.4 Å². The van der Waals surface area contributed by atoms with E-state index in [4.69, 9.17) is 14.5 Å². The number of hydrogen-bond donors (Lipinski definition) is 2. The van der Waals surface area contributed by atoms with E-state index >= 15 is 0 Å². The van der Waals surface area contributed by atoms with Gasteiger partial charge in [0.1, 0.15) is 23.9 Å². The summed E-state index contributed by atoms with van der Waals surface area (Å²) in [5, 5.41) is 5.63. The molecule has 0 atom stereocenters. The number of rotatable bonds is 12. The lowest BCUT2D eigenvalue weighted by atomic mass is 9.96. The molecule has 11 heteroatoms. The quantitative estimate of drug-likeness (QED) is 0.306. The van der Waals surface area contributed by atoms with Gasteiger partial charge < -0.3 is 29.7 Å². The third kappa shape index (κ3) is 8.21. The predicted molar refractivity (Wildman–Crippen MR) is 160 cm³/mol. The molecule has 1 aromatic heterocycles. The number of anilines is 1. The lowest BCUT2D eigenvalue weighted by Crippen LogP contribution is -2.39. The van der Waals surface area contributed by atoms with E-state index in [0.29, 0.717) is 59.0 Å². The lowest BCUT2D eigenvalue weighted by Gasteiger charge is -2.33. The van der Waals surface area contributed by atoms with Crippen molar-refractivity contribution in [2.45, 2.75) is 25.7 Å². The van der Waals surface area contributed by atoms with Crippen LogP contribution >= 0.6 is 0 Å². The molecule has 3 aromatic rings. The van der Waals surface area contributed by atoms with Gasteiger partial charge in [-0.05, 0) is 67.9 Å². The topological polar surface area (TPSA) is 132 Å². The maximum atomic E-state index is 13.0. The number of aromatic nitrogens is 2. The summed E-state index contributed by atoms with van der Waals surface area (Å²) in [6.07, 6.45) is 5.92. The van der Waals surface area contributed by atoms with Crippen molar-refractivity contribution in [2.75, 3.05) is 51.9 Å². The largest absolute Gasteiger partial charge is 0.497 e. The molecule has 0 spiro atoms. The fourth-order valence-corrected chi connectivity index (χ4v) is 4.90. The normalized spacial score (nSPS) is 15.0. The highest BCUT2D eigenvalue weighted by atomic mass is 16.5. The van der Waals surface area contributed by atoms with E-state index in [0.717, 1.165) is 31.7 Å². The molecule has 226 valence electrons. The van der Waals surface area contributed by atoms with Crippen molar-refractivity contribution in [1.29, 1.82) is 0 Å². The second kappa shape index (κ2) is 14.0. The number of nitrogens with zero attached hydrogens (tertiary/aromatic N) is 3. The molecule has 1 aliphatic heterocycles. The average Bonchev–Trinajstić information content (AvgIpc) is 3.90. The molecule has 0 radical (unpaired) electrons. The summed E-state index contributed by atoms with van der Waals surface area (Å²) < 4.78 is 15.8. The predicted octanol–water partition coefficient (Wildman–Crippen LogP) is 3.49. The Balaban J connectivity index is 1.14. The van der Waals surface area contributed by atoms with Gasteiger partial charge in [-0.2, -0.15) is 0 Å². The molecule has 2 aliphatic rings. The maximum Gasteiger partial charge on any atom is 0.325 e. The molecule has 2 fully saturated rings. The number of esters is 1. The molecule has 11 nitrogen and oxygen atoms in total. The number of ether oxygens (including phenoxy) is 3. The molecule has 1 saturated carbocycles. The Morgan fingerprint density at radius 3 is 2.40 bits per heavy atom. The van der Waals surface area contributed by atoms with Gasteiger partial charge in [0, 0.05) is 48.6 Å². The zero-order valence-electron chi connectivity index (χ0n) is 24.5. The lowest BCUT2D eigenvalue weighted by molar-refractivity contribution is -0.139. The van der Waals surface area contributed by atoms with Crippen LogP contribution in [0.15, 0.2) is 54.7 Å². The smallest absolute Gasteiger partial charge is 0.325 e. The van der Waals surface area contributed by atoms with Crippen molar-refractivity contribution in [2.24, 2.45) is 11.8 Å². The number of methoxy groups -OCH3 is 2. The van der Waals surface area contributed by atoms with E-state index in [1.54, 1.807) is 43.6 Å². The Bertz CT molecular complexity index is 1450. The van der Waals surface area contributed by atoms with Crippen LogP contribution in [-0.4, -0.2) is 74.8 Å². The monoisotopic (exact) mass is 587 g/mol. The number of amides is 2. The van der Waals surface area contributed by atoms with Gasteiger partial charge in [0.05, 0.1) is 20.8 Å². The van der Waals surface area contributed by atoms with E-state index in [1.165, 1.54) is 20.0 Å². The van der Waals surface area contributed by atoms with Crippen LogP contribution in [0.4, 0.5) is 5.82 Å². The van der Waals surface area contributed by atoms with Crippen molar-refractivity contribution in [3.63, 3.8) is 0 Å². The molecule has 2 N–H and O–H groups in total. The summed E-state index contributed by atoms with van der Waals surface area (Å²) in [5.74, 6) is 2.49. The van der Waals surface area contributed by atoms with Crippen molar-refractivity contribution in [3.05, 3.63) is 65.9 Å². The number of nitrogens with one attached hydrogen (secondary N) is 2. The van der Waals surface area contributed by atoms with Gasteiger partial charge in [-0.1, -0.05) is 12.1 Å². The summed E-state index contributed by atoms with van der Waals surface area (Å²) >= 11 is 0. The molecule has 1 aliphatic carbocycles. The fourth-order valence-electron chi connectivity index (χ4n) is 4.90. The first-order valence-corrected chi connectivity index (χ1v) is 14.6. The number of carbonyl (C=O) groups excluding carboxylic acids is 3. The Kier molecular flexibility index (Phi) is 9.70. The first kappa shape index (κ1) is 29.8. The minimum atomic E-state index is -0.522. The van der Waals surface area contributed by atoms with Crippen molar-refractivity contribution >= 4 is 23.6 Å². The van der Waals surface area contributed by atoms with E-state index in [1.807, 2.05) is 18.2 Å². The summed E-state index contributed by atoms with van der Waals surface area (Å²) in [7, 11) is 2.85. The SMILES string of the molecule is COC(=O)CNC(=O)c1cccc(-c2nccc(N3CCC(CNC(=O)c4cc(OC)cc(OCC5CC5)c4)CC3)n2)c1. The minimum absolute atomic E-state index is 0.140. The summed E-state index contributed by atoms with van der Waals surface area (Å²) in [4.78, 5) is 48.2. The van der Waals surface area contributed by atoms with Crippen LogP contribution in [0.5, 0.6) is 11.5 Å². The Morgan fingerprint density at radius 2 is 1.65 bits per heavy atom. The van der Waals surface area contributed by atoms with Crippen molar-refractivity contribution in [1.82, 2.24) is 20.6 Å². The van der Waals surface area contributed by atoms with Crippen molar-refractivity contribution < 1.29 is 28.6 Å². The third-order valence-corrected chi connectivity index (χ3v) is 7.70. The summed E-state index contributed by atoms with van der Waals surface area (Å²) in [6, 6.07) is 14.2. The number of hydrogen-bond acceptors (Lipinski definition) is 9. The first-order chi connectivity index (χ1) is 20.9. The number of benzene rings is 2. The molecule has 2 amide bonds. The summed E-state index contributed by atoms with van der Waals surface area (Å²) in [6.45, 7) is 2.64. The minimum Gasteiger partial charge on any atom is -0.497 e. The molecule has 0 unspecified atom stereocenters. The highest BCUT2D eigenvalue weighted by Crippen LogP contribution is 2.31. The maximum absolute atomic E-state index is 13.0. The highest BCUT2D eigenvalue weighted by molar-refractivity contribution is 5.97. The molecule has 0 bridgehead atoms. The van der Waals surface area contributed by atoms with Gasteiger partial charge in [-0.25, -0.2) is 9.97 Å². The van der Waals surface area contributed by atoms with Crippen molar-refractivity contribution in [3.8, 4) is 22.9 Å². The molecule has 1 saturated heterocycles. The molecule has 43 heavy (non-hydrogen) atoms. The van der Waals surface area contributed by atoms with E-state index in [2.05, 4.69) is 25.3 Å². The van der Waals surface area contributed by atoms with E-state index in [-0.39, 0.29) is 18.4 Å². The van der Waals surface area contributed by atoms with Crippen LogP contribution < -0.4 is 25.0 Å². The van der Waals surface area contributed by atoms with E-state index < -0.39 is 5.97 Å². The Morgan fingerprint density at radius 1 is 0.884 bits per heavy atom. The Hall–Kier alpha value is -4.67. The fraction of sp³-hybridized carbons (Fsp3) is 0.406. The summed E-state index contributed by atoms with van der Waals surface area (Å²) in [5.41, 5.74) is 1.62. The van der Waals surface area contributed by atoms with Crippen LogP contribution in [0.1, 0.15) is 46.4 Å². The highest BCUT2D eigenvalue weighted by Gasteiger charge is 2.24. The van der Waals surface area contributed by atoms with Crippen LogP contribution in [-0.2, 0) is 9.53 Å². The standard InChI is InChI=1S/C32H37N5O6/c1-41-26-15-25(16-27(17-26)43-20-22-6-7-22)32(40)34-18-21-9-12-37(13-10-21)28-8-11-33-30(36-28)23-4-3-5-24(14-23)31(39)35-19-29(38)42-2/h3-5,8,11,14-17,21-22H,6-7,9-10,12-13,18-20H2,1-2H3,(H,34,40)(H,35,39). The molecule has 2 heterocycles. The second-order valence-corrected chi connectivity index (χ2v) is 10.9. The average molecular weight is 588 g/mol.